The molecule has 1 fully saturated rings. The van der Waals surface area contributed by atoms with E-state index in [1.807, 2.05) is 6.08 Å². The lowest BCUT2D eigenvalue weighted by molar-refractivity contribution is 0.139. The van der Waals surface area contributed by atoms with Crippen molar-refractivity contribution in [3.8, 4) is 0 Å². The molecule has 2 N–H and O–H groups in total. The third kappa shape index (κ3) is 9.34. The Hall–Kier alpha value is -0.300. The lowest BCUT2D eigenvalue weighted by atomic mass is 9.92. The Kier molecular flexibility index (Phi) is 12.1. The number of hydrogen-bond donors (Lipinski definition) is 2. The number of hydrogen-bond acceptors (Lipinski definition) is 2. The van der Waals surface area contributed by atoms with E-state index in [-0.39, 0.29) is 24.0 Å². The first-order valence-electron chi connectivity index (χ1n) is 7.93. The molecule has 0 bridgehead atoms. The van der Waals surface area contributed by atoms with Gasteiger partial charge in [0.1, 0.15) is 0 Å². The number of nitrogens with one attached hydrogen (secondary N) is 2. The van der Waals surface area contributed by atoms with E-state index in [4.69, 9.17) is 0 Å². The summed E-state index contributed by atoms with van der Waals surface area (Å²) in [7, 11) is 1.80. The van der Waals surface area contributed by atoms with Gasteiger partial charge < -0.3 is 15.5 Å². The van der Waals surface area contributed by atoms with E-state index in [0.29, 0.717) is 0 Å². The number of nitrogens with zero attached hydrogens (tertiary/aromatic N) is 2. The van der Waals surface area contributed by atoms with Gasteiger partial charge in [-0.2, -0.15) is 0 Å². The van der Waals surface area contributed by atoms with Gasteiger partial charge in [0.25, 0.3) is 0 Å². The topological polar surface area (TPSA) is 39.7 Å². The Labute approximate surface area is 147 Å². The maximum absolute atomic E-state index is 4.17. The zero-order chi connectivity index (χ0) is 14.8. The fourth-order valence-corrected chi connectivity index (χ4v) is 3.03. The normalized spacial score (nSPS) is 23.3. The standard InChI is InChI=1S/C16H32N4.HI/c1-5-8-18-16(17-4)19-9-6-7-10-20-12-14(2)11-15(3)13-20;/h5,14-15H,1,6-13H2,2-4H3,(H2,17,18,19);1H. The van der Waals surface area contributed by atoms with E-state index in [1.54, 1.807) is 7.05 Å². The van der Waals surface area contributed by atoms with Crippen LogP contribution in [-0.2, 0) is 0 Å². The highest BCUT2D eigenvalue weighted by Crippen LogP contribution is 2.20. The summed E-state index contributed by atoms with van der Waals surface area (Å²) in [5.74, 6) is 2.59. The molecule has 2 unspecified atom stereocenters. The molecule has 0 amide bonds. The molecule has 0 aromatic rings. The quantitative estimate of drug-likeness (QED) is 0.224. The Bertz CT molecular complexity index is 297. The van der Waals surface area contributed by atoms with E-state index in [2.05, 4.69) is 41.0 Å². The van der Waals surface area contributed by atoms with E-state index in [9.17, 15) is 0 Å². The van der Waals surface area contributed by atoms with Crippen molar-refractivity contribution in [1.82, 2.24) is 15.5 Å². The van der Waals surface area contributed by atoms with Crippen LogP contribution in [-0.4, -0.2) is 50.6 Å². The van der Waals surface area contributed by atoms with Gasteiger partial charge >= 0.3 is 0 Å². The van der Waals surface area contributed by atoms with Crippen LogP contribution in [0.5, 0.6) is 0 Å². The predicted molar refractivity (Wildman–Crippen MR) is 104 cm³/mol. The van der Waals surface area contributed by atoms with Crippen molar-refractivity contribution >= 4 is 29.9 Å². The van der Waals surface area contributed by atoms with Crippen LogP contribution in [0.1, 0.15) is 33.1 Å². The van der Waals surface area contributed by atoms with Crippen LogP contribution in [0.3, 0.4) is 0 Å². The minimum Gasteiger partial charge on any atom is -0.356 e. The Morgan fingerprint density at radius 3 is 2.48 bits per heavy atom. The molecule has 1 aliphatic rings. The summed E-state index contributed by atoms with van der Waals surface area (Å²) in [6.07, 6.45) is 5.67. The molecule has 0 aliphatic carbocycles. The van der Waals surface area contributed by atoms with Gasteiger partial charge in [0, 0.05) is 33.2 Å². The summed E-state index contributed by atoms with van der Waals surface area (Å²) < 4.78 is 0. The first-order chi connectivity index (χ1) is 9.65. The van der Waals surface area contributed by atoms with Gasteiger partial charge in [-0.15, -0.1) is 30.6 Å². The third-order valence-electron chi connectivity index (χ3n) is 3.78. The van der Waals surface area contributed by atoms with Crippen molar-refractivity contribution in [3.05, 3.63) is 12.7 Å². The molecular weight excluding hydrogens is 375 g/mol. The number of aliphatic imine (C=N–C) groups is 1. The van der Waals surface area contributed by atoms with Crippen LogP contribution in [0.25, 0.3) is 0 Å². The highest BCUT2D eigenvalue weighted by molar-refractivity contribution is 14.0. The maximum Gasteiger partial charge on any atom is 0.191 e. The minimum absolute atomic E-state index is 0. The van der Waals surface area contributed by atoms with Gasteiger partial charge in [-0.25, -0.2) is 0 Å². The van der Waals surface area contributed by atoms with Gasteiger partial charge in [-0.05, 0) is 37.6 Å². The van der Waals surface area contributed by atoms with E-state index in [0.717, 1.165) is 30.9 Å². The molecule has 124 valence electrons. The van der Waals surface area contributed by atoms with Gasteiger partial charge in [0.15, 0.2) is 5.96 Å². The fraction of sp³-hybridized carbons (Fsp3) is 0.812. The second-order valence-corrected chi connectivity index (χ2v) is 6.08. The molecule has 5 heteroatoms. The van der Waals surface area contributed by atoms with Crippen molar-refractivity contribution in [2.75, 3.05) is 39.8 Å². The summed E-state index contributed by atoms with van der Waals surface area (Å²) in [5.41, 5.74) is 0. The molecule has 0 saturated carbocycles. The highest BCUT2D eigenvalue weighted by atomic mass is 127. The first-order valence-corrected chi connectivity index (χ1v) is 7.93. The second-order valence-electron chi connectivity index (χ2n) is 6.08. The molecule has 0 aromatic carbocycles. The van der Waals surface area contributed by atoms with Crippen molar-refractivity contribution in [2.45, 2.75) is 33.1 Å². The largest absolute Gasteiger partial charge is 0.356 e. The first kappa shape index (κ1) is 20.7. The van der Waals surface area contributed by atoms with Crippen LogP contribution in [0, 0.1) is 11.8 Å². The fourth-order valence-electron chi connectivity index (χ4n) is 3.03. The Balaban J connectivity index is 0.00000400. The zero-order valence-electron chi connectivity index (χ0n) is 13.9. The zero-order valence-corrected chi connectivity index (χ0v) is 16.2. The van der Waals surface area contributed by atoms with E-state index in [1.165, 1.54) is 38.9 Å². The molecule has 0 radical (unpaired) electrons. The second kappa shape index (κ2) is 12.3. The van der Waals surface area contributed by atoms with Crippen LogP contribution < -0.4 is 10.6 Å². The van der Waals surface area contributed by atoms with Gasteiger partial charge in [-0.3, -0.25) is 4.99 Å². The number of piperidine rings is 1. The molecular formula is C16H33IN4. The summed E-state index contributed by atoms with van der Waals surface area (Å²) in [6, 6.07) is 0. The highest BCUT2D eigenvalue weighted by Gasteiger charge is 2.20. The molecule has 1 heterocycles. The lowest BCUT2D eigenvalue weighted by Crippen LogP contribution is -2.40. The van der Waals surface area contributed by atoms with E-state index < -0.39 is 0 Å². The molecule has 21 heavy (non-hydrogen) atoms. The number of halogens is 1. The van der Waals surface area contributed by atoms with Crippen LogP contribution in [0.2, 0.25) is 0 Å². The Morgan fingerprint density at radius 1 is 1.24 bits per heavy atom. The summed E-state index contributed by atoms with van der Waals surface area (Å²) in [6.45, 7) is 14.0. The molecule has 4 nitrogen and oxygen atoms in total. The molecule has 1 saturated heterocycles. The molecule has 1 rings (SSSR count). The average Bonchev–Trinajstić information content (AvgIpc) is 2.40. The molecule has 0 aromatic heterocycles. The van der Waals surface area contributed by atoms with Crippen molar-refractivity contribution in [2.24, 2.45) is 16.8 Å². The predicted octanol–water partition coefficient (Wildman–Crippen LogP) is 2.71. The molecule has 2 atom stereocenters. The summed E-state index contributed by atoms with van der Waals surface area (Å²) >= 11 is 0. The summed E-state index contributed by atoms with van der Waals surface area (Å²) in [5, 5.41) is 6.51. The maximum atomic E-state index is 4.17. The lowest BCUT2D eigenvalue weighted by Gasteiger charge is -2.34. The van der Waals surface area contributed by atoms with Crippen LogP contribution in [0.15, 0.2) is 17.6 Å². The minimum atomic E-state index is 0. The number of guanidine groups is 1. The van der Waals surface area contributed by atoms with Crippen LogP contribution in [0.4, 0.5) is 0 Å². The molecule has 1 aliphatic heterocycles. The van der Waals surface area contributed by atoms with Crippen molar-refractivity contribution in [3.63, 3.8) is 0 Å². The van der Waals surface area contributed by atoms with Gasteiger partial charge in [-0.1, -0.05) is 19.9 Å². The van der Waals surface area contributed by atoms with Gasteiger partial charge in [0.05, 0.1) is 0 Å². The van der Waals surface area contributed by atoms with Gasteiger partial charge in [0.2, 0.25) is 0 Å². The van der Waals surface area contributed by atoms with Crippen molar-refractivity contribution in [1.29, 1.82) is 0 Å². The monoisotopic (exact) mass is 408 g/mol. The third-order valence-corrected chi connectivity index (χ3v) is 3.78. The molecule has 0 spiro atoms. The summed E-state index contributed by atoms with van der Waals surface area (Å²) in [4.78, 5) is 6.80. The number of unbranched alkanes of at least 4 members (excludes halogenated alkanes) is 1. The number of rotatable bonds is 7. The SMILES string of the molecule is C=CCNC(=NC)NCCCCN1CC(C)CC(C)C1.I. The number of likely N-dealkylation sites (tertiary alicyclic amines) is 1. The van der Waals surface area contributed by atoms with E-state index >= 15 is 0 Å². The average molecular weight is 408 g/mol. The smallest absolute Gasteiger partial charge is 0.191 e. The van der Waals surface area contributed by atoms with Crippen LogP contribution >= 0.6 is 24.0 Å². The Morgan fingerprint density at radius 2 is 1.90 bits per heavy atom. The van der Waals surface area contributed by atoms with Crippen molar-refractivity contribution < 1.29 is 0 Å².